The number of fused-ring (bicyclic) bond motifs is 1. The van der Waals surface area contributed by atoms with Gasteiger partial charge in [-0.2, -0.15) is 0 Å². The Balaban J connectivity index is 1.89. The maximum Gasteiger partial charge on any atom is 0.277 e. The lowest BCUT2D eigenvalue weighted by Crippen LogP contribution is -2.28. The zero-order valence-corrected chi connectivity index (χ0v) is 15.4. The monoisotopic (exact) mass is 396 g/mol. The Kier molecular flexibility index (Phi) is 4.44. The van der Waals surface area contributed by atoms with Crippen molar-refractivity contribution in [2.24, 2.45) is 0 Å². The number of hydrogen-bond donors (Lipinski definition) is 1. The third-order valence-corrected chi connectivity index (χ3v) is 4.59. The number of anilines is 1. The van der Waals surface area contributed by atoms with Crippen LogP contribution in [0.1, 0.15) is 10.5 Å². The smallest absolute Gasteiger partial charge is 0.277 e. The first-order valence-electron chi connectivity index (χ1n) is 8.31. The van der Waals surface area contributed by atoms with Crippen LogP contribution >= 0.6 is 11.6 Å². The molecule has 0 saturated carbocycles. The lowest BCUT2D eigenvalue weighted by atomic mass is 10.1. The Hall–Kier alpha value is -3.45. The maximum atomic E-state index is 13.4. The number of nitrogens with zero attached hydrogens (tertiary/aromatic N) is 4. The van der Waals surface area contributed by atoms with E-state index in [1.165, 1.54) is 21.4 Å². The number of benzene rings is 2. The van der Waals surface area contributed by atoms with Crippen molar-refractivity contribution < 1.29 is 14.3 Å². The number of amides is 1. The van der Waals surface area contributed by atoms with E-state index >= 15 is 0 Å². The number of hydrogen-bond acceptors (Lipinski definition) is 4. The molecule has 0 aliphatic carbocycles. The highest BCUT2D eigenvalue weighted by molar-refractivity contribution is 6.30. The summed E-state index contributed by atoms with van der Waals surface area (Å²) in [6.45, 7) is 0. The molecule has 0 saturated heterocycles. The molecular formula is C20H14ClFN4O2. The molecule has 2 aromatic heterocycles. The van der Waals surface area contributed by atoms with Crippen LogP contribution in [0.25, 0.3) is 17.0 Å². The molecule has 1 N–H and O–H groups in total. The van der Waals surface area contributed by atoms with Crippen LogP contribution in [0.4, 0.5) is 10.1 Å². The number of carbonyl (C=O) groups is 1. The number of phenols is 1. The summed E-state index contributed by atoms with van der Waals surface area (Å²) in [5, 5.41) is 10.8. The molecule has 0 spiro atoms. The van der Waals surface area contributed by atoms with E-state index in [1.54, 1.807) is 49.8 Å². The van der Waals surface area contributed by atoms with Gasteiger partial charge in [-0.15, -0.1) is 0 Å². The molecular weight excluding hydrogens is 383 g/mol. The Morgan fingerprint density at radius 2 is 1.96 bits per heavy atom. The Morgan fingerprint density at radius 3 is 2.68 bits per heavy atom. The molecule has 2 heterocycles. The number of carbonyl (C=O) groups excluding carboxylic acids is 1. The first-order valence-corrected chi connectivity index (χ1v) is 8.69. The van der Waals surface area contributed by atoms with E-state index in [4.69, 9.17) is 11.6 Å². The van der Waals surface area contributed by atoms with E-state index in [0.29, 0.717) is 10.7 Å². The molecule has 140 valence electrons. The fourth-order valence-corrected chi connectivity index (χ4v) is 3.05. The average Bonchev–Trinajstić information content (AvgIpc) is 3.06. The standard InChI is InChI=1S/C20H14ClFN4O2/c1-25(14-6-3-12(21)4-7-14)19(28)18-17(15-8-5-13(22)11-16(15)27)24-20-23-9-2-10-26(18)20/h2-11,27H,1H3. The summed E-state index contributed by atoms with van der Waals surface area (Å²) in [5.41, 5.74) is 1.27. The van der Waals surface area contributed by atoms with Crippen molar-refractivity contribution in [1.82, 2.24) is 14.4 Å². The molecule has 0 aliphatic heterocycles. The van der Waals surface area contributed by atoms with Crippen LogP contribution in [-0.4, -0.2) is 32.4 Å². The number of rotatable bonds is 3. The second-order valence-electron chi connectivity index (χ2n) is 6.10. The molecule has 0 bridgehead atoms. The van der Waals surface area contributed by atoms with Crippen LogP contribution in [0, 0.1) is 5.82 Å². The number of halogens is 2. The quantitative estimate of drug-likeness (QED) is 0.564. The second kappa shape index (κ2) is 6.94. The second-order valence-corrected chi connectivity index (χ2v) is 6.54. The maximum absolute atomic E-state index is 13.4. The van der Waals surface area contributed by atoms with E-state index in [2.05, 4.69) is 9.97 Å². The topological polar surface area (TPSA) is 70.7 Å². The van der Waals surface area contributed by atoms with Crippen LogP contribution in [0.2, 0.25) is 5.02 Å². The van der Waals surface area contributed by atoms with Crippen molar-refractivity contribution in [3.05, 3.63) is 77.5 Å². The van der Waals surface area contributed by atoms with Crippen molar-refractivity contribution in [3.8, 4) is 17.0 Å². The van der Waals surface area contributed by atoms with Crippen LogP contribution < -0.4 is 4.90 Å². The first-order chi connectivity index (χ1) is 13.5. The summed E-state index contributed by atoms with van der Waals surface area (Å²) in [5.74, 6) is -0.989. The summed E-state index contributed by atoms with van der Waals surface area (Å²) in [7, 11) is 1.62. The highest BCUT2D eigenvalue weighted by Crippen LogP contribution is 2.33. The average molecular weight is 397 g/mol. The fourth-order valence-electron chi connectivity index (χ4n) is 2.93. The van der Waals surface area contributed by atoms with Gasteiger partial charge in [-0.25, -0.2) is 14.4 Å². The first kappa shape index (κ1) is 17.9. The lowest BCUT2D eigenvalue weighted by molar-refractivity contribution is 0.0988. The predicted octanol–water partition coefficient (Wildman–Crippen LogP) is 4.17. The Labute approximate surface area is 164 Å². The third-order valence-electron chi connectivity index (χ3n) is 4.34. The van der Waals surface area contributed by atoms with Gasteiger partial charge in [0.25, 0.3) is 5.91 Å². The summed E-state index contributed by atoms with van der Waals surface area (Å²) in [6.07, 6.45) is 3.20. The molecule has 28 heavy (non-hydrogen) atoms. The lowest BCUT2D eigenvalue weighted by Gasteiger charge is -2.18. The highest BCUT2D eigenvalue weighted by Gasteiger charge is 2.26. The molecule has 8 heteroatoms. The van der Waals surface area contributed by atoms with E-state index in [9.17, 15) is 14.3 Å². The van der Waals surface area contributed by atoms with Crippen molar-refractivity contribution in [3.63, 3.8) is 0 Å². The Morgan fingerprint density at radius 1 is 1.21 bits per heavy atom. The zero-order valence-electron chi connectivity index (χ0n) is 14.7. The fraction of sp³-hybridized carbons (Fsp3) is 0.0500. The van der Waals surface area contributed by atoms with E-state index in [0.717, 1.165) is 6.07 Å². The summed E-state index contributed by atoms with van der Waals surface area (Å²) >= 11 is 5.92. The van der Waals surface area contributed by atoms with E-state index in [1.807, 2.05) is 0 Å². The van der Waals surface area contributed by atoms with Crippen molar-refractivity contribution in [1.29, 1.82) is 0 Å². The van der Waals surface area contributed by atoms with Crippen LogP contribution in [-0.2, 0) is 0 Å². The molecule has 4 aromatic rings. The molecule has 2 aromatic carbocycles. The van der Waals surface area contributed by atoms with E-state index < -0.39 is 5.82 Å². The van der Waals surface area contributed by atoms with E-state index in [-0.39, 0.29) is 34.4 Å². The number of aromatic nitrogens is 3. The van der Waals surface area contributed by atoms with Crippen LogP contribution in [0.5, 0.6) is 5.75 Å². The van der Waals surface area contributed by atoms with Crippen molar-refractivity contribution >= 4 is 29.0 Å². The summed E-state index contributed by atoms with van der Waals surface area (Å²) in [4.78, 5) is 23.3. The van der Waals surface area contributed by atoms with Gasteiger partial charge in [0.05, 0.1) is 0 Å². The Bertz CT molecular complexity index is 1190. The third kappa shape index (κ3) is 3.05. The van der Waals surface area contributed by atoms with Crippen molar-refractivity contribution in [2.45, 2.75) is 0 Å². The molecule has 4 rings (SSSR count). The minimum absolute atomic E-state index is 0.197. The molecule has 0 aliphatic rings. The zero-order chi connectivity index (χ0) is 19.8. The predicted molar refractivity (Wildman–Crippen MR) is 104 cm³/mol. The molecule has 0 fully saturated rings. The minimum atomic E-state index is -0.589. The largest absolute Gasteiger partial charge is 0.507 e. The number of imidazole rings is 1. The number of phenolic OH excluding ortho intramolecular Hbond substituents is 1. The van der Waals surface area contributed by atoms with Gasteiger partial charge in [-0.1, -0.05) is 11.6 Å². The van der Waals surface area contributed by atoms with Gasteiger partial charge >= 0.3 is 0 Å². The van der Waals surface area contributed by atoms with Crippen molar-refractivity contribution in [2.75, 3.05) is 11.9 Å². The molecule has 0 unspecified atom stereocenters. The summed E-state index contributed by atoms with van der Waals surface area (Å²) < 4.78 is 15.0. The van der Waals surface area contributed by atoms with Gasteiger partial charge in [0, 0.05) is 41.8 Å². The van der Waals surface area contributed by atoms with Gasteiger partial charge < -0.3 is 10.0 Å². The minimum Gasteiger partial charge on any atom is -0.507 e. The van der Waals surface area contributed by atoms with Gasteiger partial charge in [0.15, 0.2) is 0 Å². The molecule has 6 nitrogen and oxygen atoms in total. The highest BCUT2D eigenvalue weighted by atomic mass is 35.5. The summed E-state index contributed by atoms with van der Waals surface area (Å²) in [6, 6.07) is 12.0. The van der Waals surface area contributed by atoms with Gasteiger partial charge in [0.2, 0.25) is 5.78 Å². The SMILES string of the molecule is CN(C(=O)c1c(-c2ccc(F)cc2O)nc2ncccn12)c1ccc(Cl)cc1. The van der Waals surface area contributed by atoms with Gasteiger partial charge in [-0.05, 0) is 42.5 Å². The molecule has 0 radical (unpaired) electrons. The number of aromatic hydroxyl groups is 1. The van der Waals surface area contributed by atoms with Gasteiger partial charge in [-0.3, -0.25) is 9.20 Å². The normalized spacial score (nSPS) is 11.0. The van der Waals surface area contributed by atoms with Crippen LogP contribution in [0.3, 0.4) is 0 Å². The molecule has 0 atom stereocenters. The van der Waals surface area contributed by atoms with Crippen LogP contribution in [0.15, 0.2) is 60.9 Å². The van der Waals surface area contributed by atoms with Gasteiger partial charge in [0.1, 0.15) is 23.0 Å². The molecule has 1 amide bonds.